The maximum Gasteiger partial charge on any atom is 0.246 e. The van der Waals surface area contributed by atoms with Crippen LogP contribution in [0.25, 0.3) is 0 Å². The quantitative estimate of drug-likeness (QED) is 0.583. The number of nitrogens with two attached hydrogens (primary N) is 1. The van der Waals surface area contributed by atoms with Gasteiger partial charge in [0.1, 0.15) is 0 Å². The molecule has 2 amide bonds. The molecule has 0 spiro atoms. The van der Waals surface area contributed by atoms with E-state index in [9.17, 15) is 9.59 Å². The summed E-state index contributed by atoms with van der Waals surface area (Å²) in [5, 5.41) is 2.21. The number of amides is 2. The van der Waals surface area contributed by atoms with Crippen LogP contribution in [0, 0.1) is 0 Å². The molecule has 15 heavy (non-hydrogen) atoms. The van der Waals surface area contributed by atoms with E-state index in [0.717, 1.165) is 0 Å². The highest BCUT2D eigenvalue weighted by Gasteiger charge is 2.24. The van der Waals surface area contributed by atoms with Gasteiger partial charge in [0.05, 0.1) is 18.8 Å². The van der Waals surface area contributed by atoms with Crippen LogP contribution in [0.15, 0.2) is 18.3 Å². The molecule has 0 bridgehead atoms. The van der Waals surface area contributed by atoms with Gasteiger partial charge in [-0.05, 0) is 12.1 Å². The summed E-state index contributed by atoms with van der Waals surface area (Å²) in [6, 6.07) is 3.38. The molecule has 1 fully saturated rings. The highest BCUT2D eigenvalue weighted by Crippen LogP contribution is 2.19. The highest BCUT2D eigenvalue weighted by molar-refractivity contribution is 6.02. The number of piperazine rings is 1. The van der Waals surface area contributed by atoms with Gasteiger partial charge in [0, 0.05) is 6.20 Å². The lowest BCUT2D eigenvalue weighted by Crippen LogP contribution is -2.51. The van der Waals surface area contributed by atoms with Crippen molar-refractivity contribution in [1.29, 1.82) is 0 Å². The molecule has 6 nitrogen and oxygen atoms in total. The van der Waals surface area contributed by atoms with Crippen molar-refractivity contribution in [3.8, 4) is 0 Å². The van der Waals surface area contributed by atoms with Crippen LogP contribution in [0.4, 0.5) is 11.5 Å². The number of rotatable bonds is 1. The van der Waals surface area contributed by atoms with E-state index in [4.69, 9.17) is 5.73 Å². The second-order valence-electron chi connectivity index (χ2n) is 3.24. The largest absolute Gasteiger partial charge is 0.396 e. The van der Waals surface area contributed by atoms with Gasteiger partial charge in [0.15, 0.2) is 5.82 Å². The molecule has 0 unspecified atom stereocenters. The first kappa shape index (κ1) is 9.45. The van der Waals surface area contributed by atoms with Gasteiger partial charge in [-0.2, -0.15) is 0 Å². The summed E-state index contributed by atoms with van der Waals surface area (Å²) in [4.78, 5) is 27.8. The van der Waals surface area contributed by atoms with Gasteiger partial charge >= 0.3 is 0 Å². The first-order valence-electron chi connectivity index (χ1n) is 4.45. The molecule has 1 saturated heterocycles. The Kier molecular flexibility index (Phi) is 2.24. The van der Waals surface area contributed by atoms with Crippen molar-refractivity contribution >= 4 is 23.3 Å². The molecule has 6 heteroatoms. The monoisotopic (exact) mass is 206 g/mol. The molecular weight excluding hydrogens is 196 g/mol. The van der Waals surface area contributed by atoms with Crippen LogP contribution in [0.1, 0.15) is 0 Å². The van der Waals surface area contributed by atoms with E-state index in [-0.39, 0.29) is 24.9 Å². The Morgan fingerprint density at radius 3 is 2.60 bits per heavy atom. The van der Waals surface area contributed by atoms with Gasteiger partial charge in [0.25, 0.3) is 0 Å². The van der Waals surface area contributed by atoms with Crippen molar-refractivity contribution in [2.24, 2.45) is 0 Å². The Labute approximate surface area is 86.1 Å². The Balaban J connectivity index is 2.27. The number of carbonyl (C=O) groups is 2. The molecule has 0 aromatic carbocycles. The van der Waals surface area contributed by atoms with Crippen LogP contribution in [0.2, 0.25) is 0 Å². The minimum absolute atomic E-state index is 0.104. The number of nitrogens with one attached hydrogen (secondary N) is 1. The summed E-state index contributed by atoms with van der Waals surface area (Å²) in [6.07, 6.45) is 1.57. The third-order valence-electron chi connectivity index (χ3n) is 2.06. The molecule has 1 aromatic rings. The Morgan fingerprint density at radius 1 is 1.33 bits per heavy atom. The lowest BCUT2D eigenvalue weighted by Gasteiger charge is -2.26. The van der Waals surface area contributed by atoms with Gasteiger partial charge in [-0.25, -0.2) is 4.98 Å². The summed E-state index contributed by atoms with van der Waals surface area (Å²) in [6.45, 7) is 0.208. The molecule has 1 aliphatic rings. The number of imide groups is 1. The van der Waals surface area contributed by atoms with Gasteiger partial charge < -0.3 is 10.6 Å². The van der Waals surface area contributed by atoms with Gasteiger partial charge in [-0.3, -0.25) is 14.9 Å². The zero-order chi connectivity index (χ0) is 10.8. The summed E-state index contributed by atoms with van der Waals surface area (Å²) in [5.41, 5.74) is 6.15. The predicted molar refractivity (Wildman–Crippen MR) is 54.0 cm³/mol. The average molecular weight is 206 g/mol. The number of carbonyl (C=O) groups excluding carboxylic acids is 2. The standard InChI is InChI=1S/C9H10N4O2/c10-6-2-1-3-11-9(6)13-4-7(14)12-8(15)5-13/h1-3H,4-5,10H2,(H,12,14,15). The number of pyridine rings is 1. The Morgan fingerprint density at radius 2 is 2.00 bits per heavy atom. The van der Waals surface area contributed by atoms with Crippen LogP contribution >= 0.6 is 0 Å². The summed E-state index contributed by atoms with van der Waals surface area (Å²) >= 11 is 0. The molecule has 0 aliphatic carbocycles. The fourth-order valence-corrected chi connectivity index (χ4v) is 1.46. The van der Waals surface area contributed by atoms with Crippen LogP contribution in [-0.2, 0) is 9.59 Å². The molecule has 1 aliphatic heterocycles. The number of nitrogen functional groups attached to an aromatic ring is 1. The van der Waals surface area contributed by atoms with Crippen LogP contribution in [-0.4, -0.2) is 29.9 Å². The zero-order valence-corrected chi connectivity index (χ0v) is 7.93. The molecule has 1 aromatic heterocycles. The van der Waals surface area contributed by atoms with Crippen molar-refractivity contribution in [1.82, 2.24) is 10.3 Å². The second kappa shape index (κ2) is 3.56. The summed E-state index contributed by atoms with van der Waals surface area (Å²) < 4.78 is 0. The van der Waals surface area contributed by atoms with E-state index in [0.29, 0.717) is 11.5 Å². The lowest BCUT2D eigenvalue weighted by atomic mass is 10.3. The van der Waals surface area contributed by atoms with Crippen molar-refractivity contribution in [2.45, 2.75) is 0 Å². The highest BCUT2D eigenvalue weighted by atomic mass is 16.2. The van der Waals surface area contributed by atoms with E-state index < -0.39 is 0 Å². The van der Waals surface area contributed by atoms with Gasteiger partial charge in [0.2, 0.25) is 11.8 Å². The second-order valence-corrected chi connectivity index (χ2v) is 3.24. The van der Waals surface area contributed by atoms with Gasteiger partial charge in [-0.15, -0.1) is 0 Å². The Hall–Kier alpha value is -2.11. The number of aromatic nitrogens is 1. The lowest BCUT2D eigenvalue weighted by molar-refractivity contribution is -0.130. The third kappa shape index (κ3) is 1.88. The molecule has 2 heterocycles. The van der Waals surface area contributed by atoms with Crippen LogP contribution in [0.5, 0.6) is 0 Å². The van der Waals surface area contributed by atoms with E-state index in [2.05, 4.69) is 10.3 Å². The van der Waals surface area contributed by atoms with Gasteiger partial charge in [-0.1, -0.05) is 0 Å². The first-order valence-corrected chi connectivity index (χ1v) is 4.45. The molecule has 3 N–H and O–H groups in total. The summed E-state index contributed by atoms with van der Waals surface area (Å²) in [7, 11) is 0. The maximum atomic E-state index is 11.1. The van der Waals surface area contributed by atoms with Crippen molar-refractivity contribution in [3.63, 3.8) is 0 Å². The smallest absolute Gasteiger partial charge is 0.246 e. The fourth-order valence-electron chi connectivity index (χ4n) is 1.46. The van der Waals surface area contributed by atoms with Crippen molar-refractivity contribution < 1.29 is 9.59 Å². The number of nitrogens with zero attached hydrogens (tertiary/aromatic N) is 2. The molecule has 2 rings (SSSR count). The molecule has 0 saturated carbocycles. The topological polar surface area (TPSA) is 88.3 Å². The molecule has 78 valence electrons. The minimum atomic E-state index is -0.337. The predicted octanol–water partition coefficient (Wildman–Crippen LogP) is -0.873. The zero-order valence-electron chi connectivity index (χ0n) is 7.93. The number of anilines is 2. The van der Waals surface area contributed by atoms with Crippen LogP contribution < -0.4 is 16.0 Å². The maximum absolute atomic E-state index is 11.1. The average Bonchev–Trinajstić information content (AvgIpc) is 2.16. The minimum Gasteiger partial charge on any atom is -0.396 e. The van der Waals surface area contributed by atoms with E-state index in [1.165, 1.54) is 0 Å². The molecule has 0 atom stereocenters. The molecular formula is C9H10N4O2. The Bertz CT molecular complexity index is 402. The number of hydrogen-bond acceptors (Lipinski definition) is 5. The third-order valence-corrected chi connectivity index (χ3v) is 2.06. The normalized spacial score (nSPS) is 16.4. The number of hydrogen-bond donors (Lipinski definition) is 2. The fraction of sp³-hybridized carbons (Fsp3) is 0.222. The van der Waals surface area contributed by atoms with Crippen molar-refractivity contribution in [2.75, 3.05) is 23.7 Å². The summed E-state index contributed by atoms with van der Waals surface area (Å²) in [5.74, 6) is -0.201. The SMILES string of the molecule is Nc1cccnc1N1CC(=O)NC(=O)C1. The first-order chi connectivity index (χ1) is 7.16. The van der Waals surface area contributed by atoms with E-state index in [1.807, 2.05) is 0 Å². The van der Waals surface area contributed by atoms with E-state index in [1.54, 1.807) is 23.2 Å². The van der Waals surface area contributed by atoms with Crippen molar-refractivity contribution in [3.05, 3.63) is 18.3 Å². The van der Waals surface area contributed by atoms with Crippen LogP contribution in [0.3, 0.4) is 0 Å². The molecule has 0 radical (unpaired) electrons. The van der Waals surface area contributed by atoms with E-state index >= 15 is 0 Å².